The first-order valence-electron chi connectivity index (χ1n) is 10.7. The lowest BCUT2D eigenvalue weighted by molar-refractivity contribution is -0.147. The highest BCUT2D eigenvalue weighted by molar-refractivity contribution is 5.97. The number of amides is 4. The molecule has 0 bridgehead atoms. The van der Waals surface area contributed by atoms with Crippen LogP contribution < -0.4 is 16.0 Å². The number of nitrogens with one attached hydrogen (secondary N) is 3. The molecule has 3 rings (SSSR count). The minimum absolute atomic E-state index is 0.0658. The summed E-state index contributed by atoms with van der Waals surface area (Å²) in [5.74, 6) is -1.94. The molecular formula is C24H27N3O5. The minimum Gasteiger partial charge on any atom is -0.454 e. The van der Waals surface area contributed by atoms with Gasteiger partial charge in [-0.15, -0.1) is 0 Å². The van der Waals surface area contributed by atoms with E-state index in [0.29, 0.717) is 5.56 Å². The zero-order valence-corrected chi connectivity index (χ0v) is 17.8. The molecule has 1 aliphatic carbocycles. The molecule has 8 nitrogen and oxygen atoms in total. The third kappa shape index (κ3) is 7.23. The second kappa shape index (κ2) is 11.6. The summed E-state index contributed by atoms with van der Waals surface area (Å²) in [6.45, 7) is -0.987. The molecule has 2 aromatic carbocycles. The lowest BCUT2D eigenvalue weighted by atomic mass is 9.96. The van der Waals surface area contributed by atoms with Crippen LogP contribution in [0.4, 0.5) is 4.79 Å². The summed E-state index contributed by atoms with van der Waals surface area (Å²) < 4.78 is 4.81. The van der Waals surface area contributed by atoms with Crippen molar-refractivity contribution in [3.63, 3.8) is 0 Å². The average Bonchev–Trinajstić information content (AvgIpc) is 2.82. The predicted octanol–water partition coefficient (Wildman–Crippen LogP) is 2.79. The first-order valence-corrected chi connectivity index (χ1v) is 10.7. The summed E-state index contributed by atoms with van der Waals surface area (Å²) in [6, 6.07) is 16.2. The fourth-order valence-corrected chi connectivity index (χ4v) is 3.53. The zero-order valence-electron chi connectivity index (χ0n) is 17.8. The van der Waals surface area contributed by atoms with Gasteiger partial charge in [0.15, 0.2) is 6.61 Å². The van der Waals surface area contributed by atoms with Gasteiger partial charge in [0.25, 0.3) is 11.8 Å². The van der Waals surface area contributed by atoms with Crippen molar-refractivity contribution in [3.8, 4) is 11.1 Å². The molecule has 1 saturated carbocycles. The van der Waals surface area contributed by atoms with Crippen molar-refractivity contribution in [1.29, 1.82) is 0 Å². The summed E-state index contributed by atoms with van der Waals surface area (Å²) in [5.41, 5.74) is 2.41. The fourth-order valence-electron chi connectivity index (χ4n) is 3.53. The highest BCUT2D eigenvalue weighted by Gasteiger charge is 2.17. The average molecular weight is 437 g/mol. The lowest BCUT2D eigenvalue weighted by Crippen LogP contribution is -2.46. The SMILES string of the molecule is O=C(COC(=O)CNC(=O)c1ccc(-c2ccccc2)cc1)NC(=O)NC1CCCCC1. The number of hydrogen-bond donors (Lipinski definition) is 3. The molecule has 2 aromatic rings. The summed E-state index contributed by atoms with van der Waals surface area (Å²) in [4.78, 5) is 47.6. The zero-order chi connectivity index (χ0) is 22.8. The van der Waals surface area contributed by atoms with Gasteiger partial charge in [-0.05, 0) is 36.1 Å². The van der Waals surface area contributed by atoms with E-state index in [9.17, 15) is 19.2 Å². The van der Waals surface area contributed by atoms with Gasteiger partial charge in [0.1, 0.15) is 6.54 Å². The predicted molar refractivity (Wildman–Crippen MR) is 119 cm³/mol. The first kappa shape index (κ1) is 23.0. The highest BCUT2D eigenvalue weighted by Crippen LogP contribution is 2.19. The molecule has 32 heavy (non-hydrogen) atoms. The summed E-state index contributed by atoms with van der Waals surface area (Å²) in [7, 11) is 0. The molecule has 0 heterocycles. The van der Waals surface area contributed by atoms with E-state index in [4.69, 9.17) is 4.74 Å². The van der Waals surface area contributed by atoms with Crippen LogP contribution in [-0.2, 0) is 14.3 Å². The molecule has 1 fully saturated rings. The third-order valence-electron chi connectivity index (χ3n) is 5.21. The first-order chi connectivity index (χ1) is 15.5. The maximum absolute atomic E-state index is 12.2. The van der Waals surface area contributed by atoms with Crippen LogP contribution in [0.5, 0.6) is 0 Å². The number of carbonyl (C=O) groups excluding carboxylic acids is 4. The minimum atomic E-state index is -0.776. The van der Waals surface area contributed by atoms with Gasteiger partial charge in [-0.1, -0.05) is 61.7 Å². The molecule has 0 radical (unpaired) electrons. The third-order valence-corrected chi connectivity index (χ3v) is 5.21. The second-order valence-electron chi connectivity index (χ2n) is 7.64. The van der Waals surface area contributed by atoms with E-state index in [2.05, 4.69) is 16.0 Å². The maximum atomic E-state index is 12.2. The Labute approximate surface area is 186 Å². The largest absolute Gasteiger partial charge is 0.454 e. The van der Waals surface area contributed by atoms with E-state index in [1.54, 1.807) is 12.1 Å². The number of benzene rings is 2. The van der Waals surface area contributed by atoms with Gasteiger partial charge in [0.2, 0.25) is 0 Å². The molecule has 8 heteroatoms. The van der Waals surface area contributed by atoms with Crippen LogP contribution in [0.2, 0.25) is 0 Å². The van der Waals surface area contributed by atoms with Crippen LogP contribution in [0, 0.1) is 0 Å². The number of urea groups is 1. The van der Waals surface area contributed by atoms with E-state index in [0.717, 1.165) is 43.2 Å². The quantitative estimate of drug-likeness (QED) is 0.577. The molecule has 0 aliphatic heterocycles. The number of esters is 1. The maximum Gasteiger partial charge on any atom is 0.325 e. The number of imide groups is 1. The molecule has 4 amide bonds. The number of ether oxygens (including phenoxy) is 1. The molecule has 0 saturated heterocycles. The Morgan fingerprint density at radius 3 is 2.19 bits per heavy atom. The van der Waals surface area contributed by atoms with Gasteiger partial charge in [-0.25, -0.2) is 4.79 Å². The molecule has 0 atom stereocenters. The number of carbonyl (C=O) groups is 4. The van der Waals surface area contributed by atoms with Crippen molar-refractivity contribution in [2.45, 2.75) is 38.1 Å². The van der Waals surface area contributed by atoms with E-state index in [1.165, 1.54) is 0 Å². The number of rotatable bonds is 7. The monoisotopic (exact) mass is 437 g/mol. The van der Waals surface area contributed by atoms with Crippen molar-refractivity contribution in [1.82, 2.24) is 16.0 Å². The summed E-state index contributed by atoms with van der Waals surface area (Å²) in [6.07, 6.45) is 5.06. The van der Waals surface area contributed by atoms with Crippen LogP contribution in [0.3, 0.4) is 0 Å². The van der Waals surface area contributed by atoms with E-state index >= 15 is 0 Å². The van der Waals surface area contributed by atoms with Crippen molar-refractivity contribution in [2.24, 2.45) is 0 Å². The van der Waals surface area contributed by atoms with Crippen molar-refractivity contribution in [3.05, 3.63) is 60.2 Å². The van der Waals surface area contributed by atoms with E-state index in [-0.39, 0.29) is 12.6 Å². The molecule has 3 N–H and O–H groups in total. The van der Waals surface area contributed by atoms with Crippen LogP contribution in [0.15, 0.2) is 54.6 Å². The molecule has 0 unspecified atom stereocenters. The molecule has 1 aliphatic rings. The summed E-state index contributed by atoms with van der Waals surface area (Å²) in [5, 5.41) is 7.33. The van der Waals surface area contributed by atoms with Gasteiger partial charge in [-0.2, -0.15) is 0 Å². The normalized spacial score (nSPS) is 13.6. The van der Waals surface area contributed by atoms with Crippen LogP contribution in [0.25, 0.3) is 11.1 Å². The van der Waals surface area contributed by atoms with Gasteiger partial charge in [-0.3, -0.25) is 19.7 Å². The van der Waals surface area contributed by atoms with Crippen molar-refractivity contribution >= 4 is 23.8 Å². The van der Waals surface area contributed by atoms with Gasteiger partial charge in [0, 0.05) is 11.6 Å². The summed E-state index contributed by atoms with van der Waals surface area (Å²) >= 11 is 0. The molecule has 0 aromatic heterocycles. The smallest absolute Gasteiger partial charge is 0.325 e. The van der Waals surface area contributed by atoms with Crippen LogP contribution in [0.1, 0.15) is 42.5 Å². The van der Waals surface area contributed by atoms with Crippen LogP contribution in [-0.4, -0.2) is 43.0 Å². The Balaban J connectivity index is 1.35. The molecule has 0 spiro atoms. The lowest BCUT2D eigenvalue weighted by Gasteiger charge is -2.22. The Morgan fingerprint density at radius 2 is 1.50 bits per heavy atom. The highest BCUT2D eigenvalue weighted by atomic mass is 16.5. The van der Waals surface area contributed by atoms with Crippen molar-refractivity contribution in [2.75, 3.05) is 13.2 Å². The second-order valence-corrected chi connectivity index (χ2v) is 7.64. The molecule has 168 valence electrons. The van der Waals surface area contributed by atoms with Crippen molar-refractivity contribution < 1.29 is 23.9 Å². The number of hydrogen-bond acceptors (Lipinski definition) is 5. The topological polar surface area (TPSA) is 114 Å². The van der Waals surface area contributed by atoms with E-state index < -0.39 is 30.4 Å². The standard InChI is InChI=1S/C24H27N3O5/c28-21(27-24(31)26-20-9-5-2-6-10-20)16-32-22(29)15-25-23(30)19-13-11-18(12-14-19)17-7-3-1-4-8-17/h1,3-4,7-8,11-14,20H,2,5-6,9-10,15-16H2,(H,25,30)(H2,26,27,28,31). The van der Waals surface area contributed by atoms with Gasteiger partial charge < -0.3 is 15.4 Å². The van der Waals surface area contributed by atoms with Crippen LogP contribution >= 0.6 is 0 Å². The molecular weight excluding hydrogens is 410 g/mol. The Kier molecular flexibility index (Phi) is 8.36. The Morgan fingerprint density at radius 1 is 0.844 bits per heavy atom. The Hall–Kier alpha value is -3.68. The van der Waals surface area contributed by atoms with Gasteiger partial charge >= 0.3 is 12.0 Å². The fraction of sp³-hybridized carbons (Fsp3) is 0.333. The Bertz CT molecular complexity index is 938. The van der Waals surface area contributed by atoms with E-state index in [1.807, 2.05) is 42.5 Å². The van der Waals surface area contributed by atoms with Gasteiger partial charge in [0.05, 0.1) is 0 Å².